The summed E-state index contributed by atoms with van der Waals surface area (Å²) in [5.74, 6) is 0.519. The molecule has 5 heteroatoms. The summed E-state index contributed by atoms with van der Waals surface area (Å²) in [7, 11) is 0. The highest BCUT2D eigenvalue weighted by Gasteiger charge is 2.14. The number of nitrogens with zero attached hydrogens (tertiary/aromatic N) is 1. The molecule has 1 heterocycles. The summed E-state index contributed by atoms with van der Waals surface area (Å²) < 4.78 is 0.702. The molecular formula is C12H18BrN3O. The molecular weight excluding hydrogens is 282 g/mol. The summed E-state index contributed by atoms with van der Waals surface area (Å²) in [4.78, 5) is 15.9. The second kappa shape index (κ2) is 6.59. The van der Waals surface area contributed by atoms with Crippen molar-refractivity contribution in [2.45, 2.75) is 33.1 Å². The molecule has 1 unspecified atom stereocenters. The number of nitrogens with two attached hydrogens (primary N) is 1. The van der Waals surface area contributed by atoms with Gasteiger partial charge in [0.15, 0.2) is 0 Å². The topological polar surface area (TPSA) is 68.0 Å². The van der Waals surface area contributed by atoms with Gasteiger partial charge in [0.2, 0.25) is 5.91 Å². The maximum absolute atomic E-state index is 11.9. The molecule has 94 valence electrons. The Bertz CT molecular complexity index is 395. The largest absolute Gasteiger partial charge is 0.397 e. The fraction of sp³-hybridized carbons (Fsp3) is 0.500. The molecule has 0 aliphatic rings. The Hall–Kier alpha value is -1.10. The number of halogens is 1. The van der Waals surface area contributed by atoms with Gasteiger partial charge in [-0.2, -0.15) is 0 Å². The van der Waals surface area contributed by atoms with Gasteiger partial charge >= 0.3 is 0 Å². The van der Waals surface area contributed by atoms with E-state index in [0.29, 0.717) is 16.0 Å². The Morgan fingerprint density at radius 1 is 1.65 bits per heavy atom. The number of unbranched alkanes of at least 4 members (excludes halogenated alkanes) is 1. The zero-order valence-corrected chi connectivity index (χ0v) is 11.8. The van der Waals surface area contributed by atoms with Crippen LogP contribution in [-0.4, -0.2) is 10.9 Å². The van der Waals surface area contributed by atoms with Gasteiger partial charge in [-0.15, -0.1) is 0 Å². The number of aromatic nitrogens is 1. The summed E-state index contributed by atoms with van der Waals surface area (Å²) in [6.45, 7) is 4.04. The molecule has 0 bridgehead atoms. The fourth-order valence-electron chi connectivity index (χ4n) is 1.43. The van der Waals surface area contributed by atoms with E-state index in [1.54, 1.807) is 6.07 Å². The first-order chi connectivity index (χ1) is 8.04. The number of carbonyl (C=O) groups is 1. The van der Waals surface area contributed by atoms with Crippen molar-refractivity contribution in [2.75, 3.05) is 11.1 Å². The number of hydrogen-bond acceptors (Lipinski definition) is 3. The van der Waals surface area contributed by atoms with Crippen LogP contribution < -0.4 is 11.1 Å². The van der Waals surface area contributed by atoms with Crippen molar-refractivity contribution in [1.29, 1.82) is 0 Å². The lowest BCUT2D eigenvalue weighted by atomic mass is 10.0. The van der Waals surface area contributed by atoms with Crippen LogP contribution in [0.2, 0.25) is 0 Å². The van der Waals surface area contributed by atoms with Gasteiger partial charge in [-0.25, -0.2) is 4.98 Å². The maximum Gasteiger partial charge on any atom is 0.228 e. The quantitative estimate of drug-likeness (QED) is 0.877. The lowest BCUT2D eigenvalue weighted by Crippen LogP contribution is -2.21. The highest BCUT2D eigenvalue weighted by Crippen LogP contribution is 2.22. The van der Waals surface area contributed by atoms with Gasteiger partial charge in [0.05, 0.1) is 16.4 Å². The first kappa shape index (κ1) is 14.0. The zero-order valence-electron chi connectivity index (χ0n) is 10.2. The summed E-state index contributed by atoms with van der Waals surface area (Å²) in [6, 6.07) is 1.72. The average molecular weight is 300 g/mol. The lowest BCUT2D eigenvalue weighted by molar-refractivity contribution is -0.119. The van der Waals surface area contributed by atoms with Crippen molar-refractivity contribution >= 4 is 33.3 Å². The van der Waals surface area contributed by atoms with Crippen LogP contribution >= 0.6 is 15.9 Å². The molecule has 0 spiro atoms. The van der Waals surface area contributed by atoms with E-state index < -0.39 is 0 Å². The normalized spacial score (nSPS) is 12.2. The Labute approximate surface area is 110 Å². The number of nitrogen functional groups attached to an aromatic ring is 1. The third kappa shape index (κ3) is 4.34. The monoisotopic (exact) mass is 299 g/mol. The number of anilines is 2. The second-order valence-electron chi connectivity index (χ2n) is 4.13. The lowest BCUT2D eigenvalue weighted by Gasteiger charge is -2.12. The smallest absolute Gasteiger partial charge is 0.228 e. The number of pyridine rings is 1. The van der Waals surface area contributed by atoms with Crippen LogP contribution in [0, 0.1) is 5.92 Å². The van der Waals surface area contributed by atoms with E-state index in [-0.39, 0.29) is 11.8 Å². The molecule has 1 aromatic heterocycles. The van der Waals surface area contributed by atoms with E-state index in [0.717, 1.165) is 19.3 Å². The summed E-state index contributed by atoms with van der Waals surface area (Å²) >= 11 is 3.32. The Balaban J connectivity index is 2.61. The van der Waals surface area contributed by atoms with E-state index in [9.17, 15) is 4.79 Å². The van der Waals surface area contributed by atoms with Gasteiger partial charge in [0, 0.05) is 5.92 Å². The van der Waals surface area contributed by atoms with Crippen molar-refractivity contribution in [3.8, 4) is 0 Å². The standard InChI is InChI=1S/C12H18BrN3O/c1-3-4-5-8(2)12(17)16-11-10(13)6-9(14)7-15-11/h6-8H,3-5,14H2,1-2H3,(H,15,16,17). The molecule has 0 aliphatic heterocycles. The van der Waals surface area contributed by atoms with E-state index in [1.807, 2.05) is 6.92 Å². The van der Waals surface area contributed by atoms with E-state index in [1.165, 1.54) is 6.20 Å². The zero-order chi connectivity index (χ0) is 12.8. The molecule has 17 heavy (non-hydrogen) atoms. The molecule has 0 saturated heterocycles. The minimum Gasteiger partial charge on any atom is -0.397 e. The number of rotatable bonds is 5. The second-order valence-corrected chi connectivity index (χ2v) is 4.99. The van der Waals surface area contributed by atoms with Crippen molar-refractivity contribution < 1.29 is 4.79 Å². The van der Waals surface area contributed by atoms with Gasteiger partial charge in [0.25, 0.3) is 0 Å². The SMILES string of the molecule is CCCCC(C)C(=O)Nc1ncc(N)cc1Br. The predicted molar refractivity (Wildman–Crippen MR) is 73.7 cm³/mol. The fourth-order valence-corrected chi connectivity index (χ4v) is 1.89. The van der Waals surface area contributed by atoms with Gasteiger partial charge < -0.3 is 11.1 Å². The Morgan fingerprint density at radius 3 is 2.94 bits per heavy atom. The molecule has 0 radical (unpaired) electrons. The first-order valence-electron chi connectivity index (χ1n) is 5.76. The third-order valence-corrected chi connectivity index (χ3v) is 3.15. The number of carbonyl (C=O) groups excluding carboxylic acids is 1. The summed E-state index contributed by atoms with van der Waals surface area (Å²) in [5, 5.41) is 2.79. The average Bonchev–Trinajstić information content (AvgIpc) is 2.29. The van der Waals surface area contributed by atoms with Gasteiger partial charge in [-0.3, -0.25) is 4.79 Å². The van der Waals surface area contributed by atoms with Crippen LogP contribution in [0.25, 0.3) is 0 Å². The molecule has 0 aliphatic carbocycles. The molecule has 0 saturated carbocycles. The molecule has 0 fully saturated rings. The van der Waals surface area contributed by atoms with Crippen LogP contribution in [0.15, 0.2) is 16.7 Å². The van der Waals surface area contributed by atoms with Crippen LogP contribution in [0.1, 0.15) is 33.1 Å². The van der Waals surface area contributed by atoms with Gasteiger partial charge in [-0.05, 0) is 28.4 Å². The molecule has 0 aromatic carbocycles. The number of amides is 1. The molecule has 1 atom stereocenters. The van der Waals surface area contributed by atoms with Gasteiger partial charge in [-0.1, -0.05) is 26.7 Å². The molecule has 3 N–H and O–H groups in total. The first-order valence-corrected chi connectivity index (χ1v) is 6.55. The molecule has 1 rings (SSSR count). The van der Waals surface area contributed by atoms with E-state index >= 15 is 0 Å². The highest BCUT2D eigenvalue weighted by molar-refractivity contribution is 9.10. The molecule has 1 aromatic rings. The van der Waals surface area contributed by atoms with Crippen molar-refractivity contribution in [3.05, 3.63) is 16.7 Å². The predicted octanol–water partition coefficient (Wildman–Crippen LogP) is 3.19. The van der Waals surface area contributed by atoms with Crippen LogP contribution in [0.3, 0.4) is 0 Å². The van der Waals surface area contributed by atoms with E-state index in [4.69, 9.17) is 5.73 Å². The number of hydrogen-bond donors (Lipinski definition) is 2. The minimum absolute atomic E-state index is 0.00111. The van der Waals surface area contributed by atoms with Crippen molar-refractivity contribution in [1.82, 2.24) is 4.98 Å². The van der Waals surface area contributed by atoms with Crippen LogP contribution in [-0.2, 0) is 4.79 Å². The molecule has 1 amide bonds. The summed E-state index contributed by atoms with van der Waals surface area (Å²) in [5.41, 5.74) is 6.14. The van der Waals surface area contributed by atoms with Crippen LogP contribution in [0.5, 0.6) is 0 Å². The Morgan fingerprint density at radius 2 is 2.35 bits per heavy atom. The van der Waals surface area contributed by atoms with Crippen molar-refractivity contribution in [3.63, 3.8) is 0 Å². The highest BCUT2D eigenvalue weighted by atomic mass is 79.9. The minimum atomic E-state index is -0.00331. The van der Waals surface area contributed by atoms with Crippen molar-refractivity contribution in [2.24, 2.45) is 5.92 Å². The van der Waals surface area contributed by atoms with Crippen LogP contribution in [0.4, 0.5) is 11.5 Å². The Kier molecular flexibility index (Phi) is 5.41. The van der Waals surface area contributed by atoms with Gasteiger partial charge in [0.1, 0.15) is 5.82 Å². The number of nitrogens with one attached hydrogen (secondary N) is 1. The molecule has 4 nitrogen and oxygen atoms in total. The maximum atomic E-state index is 11.9. The van der Waals surface area contributed by atoms with E-state index in [2.05, 4.69) is 33.2 Å². The summed E-state index contributed by atoms with van der Waals surface area (Å²) in [6.07, 6.45) is 4.58. The third-order valence-electron chi connectivity index (χ3n) is 2.54.